The van der Waals surface area contributed by atoms with E-state index in [2.05, 4.69) is 15.4 Å². The number of anilines is 1. The van der Waals surface area contributed by atoms with Crippen molar-refractivity contribution >= 4 is 38.9 Å². The van der Waals surface area contributed by atoms with E-state index >= 15 is 0 Å². The van der Waals surface area contributed by atoms with Crippen molar-refractivity contribution < 1.29 is 13.2 Å². The molecule has 1 aromatic rings. The predicted octanol–water partition coefficient (Wildman–Crippen LogP) is 2.23. The van der Waals surface area contributed by atoms with Gasteiger partial charge in [0.1, 0.15) is 0 Å². The summed E-state index contributed by atoms with van der Waals surface area (Å²) in [5.41, 5.74) is 0.606. The van der Waals surface area contributed by atoms with Gasteiger partial charge in [-0.15, -0.1) is 0 Å². The van der Waals surface area contributed by atoms with Gasteiger partial charge in [0.2, 0.25) is 15.9 Å². The highest BCUT2D eigenvalue weighted by atomic mass is 32.2. The van der Waals surface area contributed by atoms with Crippen LogP contribution in [0.4, 0.5) is 5.69 Å². The first-order valence-corrected chi connectivity index (χ1v) is 9.34. The Labute approximate surface area is 143 Å². The number of rotatable bonds is 7. The summed E-state index contributed by atoms with van der Waals surface area (Å²) in [5.74, 6) is 0.0957. The van der Waals surface area contributed by atoms with E-state index < -0.39 is 10.0 Å². The molecule has 0 aromatic heterocycles. The summed E-state index contributed by atoms with van der Waals surface area (Å²) in [4.78, 5) is 11.8. The van der Waals surface area contributed by atoms with E-state index in [1.807, 2.05) is 20.8 Å². The number of hydrogen-bond donors (Lipinski definition) is 3. The first kappa shape index (κ1) is 19.5. The molecule has 0 fully saturated rings. The van der Waals surface area contributed by atoms with E-state index in [0.29, 0.717) is 18.7 Å². The molecule has 1 amide bonds. The van der Waals surface area contributed by atoms with Gasteiger partial charge in [-0.1, -0.05) is 20.8 Å². The molecule has 1 rings (SSSR count). The lowest BCUT2D eigenvalue weighted by atomic mass is 10.1. The quantitative estimate of drug-likeness (QED) is 0.652. The maximum Gasteiger partial charge on any atom is 0.240 e. The minimum Gasteiger partial charge on any atom is -0.332 e. The van der Waals surface area contributed by atoms with Crippen LogP contribution in [0.25, 0.3) is 0 Å². The van der Waals surface area contributed by atoms with E-state index in [0.717, 1.165) is 6.42 Å². The number of amides is 1. The van der Waals surface area contributed by atoms with Crippen molar-refractivity contribution in [1.29, 1.82) is 0 Å². The summed E-state index contributed by atoms with van der Waals surface area (Å²) >= 11 is 5.06. The molecule has 0 saturated carbocycles. The minimum absolute atomic E-state index is 0.152. The van der Waals surface area contributed by atoms with Crippen molar-refractivity contribution in [1.82, 2.24) is 10.0 Å². The second-order valence-corrected chi connectivity index (χ2v) is 7.70. The Balaban J connectivity index is 2.63. The summed E-state index contributed by atoms with van der Waals surface area (Å²) in [6.45, 7) is 6.18. The van der Waals surface area contributed by atoms with Gasteiger partial charge in [-0.25, -0.2) is 13.1 Å². The lowest BCUT2D eigenvalue weighted by molar-refractivity contribution is -0.120. The number of sulfonamides is 1. The van der Waals surface area contributed by atoms with E-state index in [9.17, 15) is 13.2 Å². The van der Waals surface area contributed by atoms with Gasteiger partial charge in [-0.05, 0) is 48.8 Å². The summed E-state index contributed by atoms with van der Waals surface area (Å²) in [5, 5.41) is 5.63. The third-order valence-corrected chi connectivity index (χ3v) is 4.49. The summed E-state index contributed by atoms with van der Waals surface area (Å²) in [7, 11) is -3.48. The molecule has 128 valence electrons. The number of thiocarbonyl (C=S) groups is 1. The minimum atomic E-state index is -3.48. The second kappa shape index (κ2) is 8.95. The van der Waals surface area contributed by atoms with Gasteiger partial charge in [0.05, 0.1) is 4.90 Å². The summed E-state index contributed by atoms with van der Waals surface area (Å²) in [6, 6.07) is 6.17. The lowest BCUT2D eigenvalue weighted by Crippen LogP contribution is -2.34. The monoisotopic (exact) mass is 357 g/mol. The molecule has 0 spiro atoms. The highest BCUT2D eigenvalue weighted by molar-refractivity contribution is 7.89. The van der Waals surface area contributed by atoms with Gasteiger partial charge in [0.15, 0.2) is 5.11 Å². The molecule has 0 atom stereocenters. The Morgan fingerprint density at radius 1 is 1.22 bits per heavy atom. The van der Waals surface area contributed by atoms with Crippen LogP contribution >= 0.6 is 12.2 Å². The average Bonchev–Trinajstić information content (AvgIpc) is 2.44. The third-order valence-electron chi connectivity index (χ3n) is 2.81. The maximum atomic E-state index is 12.0. The molecule has 8 heteroatoms. The first-order chi connectivity index (χ1) is 10.7. The standard InChI is InChI=1S/C15H23N3O3S2/c1-4-9-16-23(20,21)13-7-5-12(6-8-13)17-15(22)18-14(19)10-11(2)3/h5-8,11,16H,4,9-10H2,1-3H3,(H2,17,18,19,22). The molecule has 0 aliphatic rings. The van der Waals surface area contributed by atoms with Gasteiger partial charge in [-0.3, -0.25) is 4.79 Å². The number of hydrogen-bond acceptors (Lipinski definition) is 4. The van der Waals surface area contributed by atoms with Crippen LogP contribution in [0.2, 0.25) is 0 Å². The molecule has 0 unspecified atom stereocenters. The normalized spacial score (nSPS) is 11.3. The van der Waals surface area contributed by atoms with Crippen molar-refractivity contribution in [3.8, 4) is 0 Å². The Kier molecular flexibility index (Phi) is 7.60. The van der Waals surface area contributed by atoms with Crippen LogP contribution in [0.15, 0.2) is 29.2 Å². The zero-order chi connectivity index (χ0) is 17.5. The topological polar surface area (TPSA) is 87.3 Å². The SMILES string of the molecule is CCCNS(=O)(=O)c1ccc(NC(=S)NC(=O)CC(C)C)cc1. The van der Waals surface area contributed by atoms with Gasteiger partial charge < -0.3 is 10.6 Å². The van der Waals surface area contributed by atoms with Gasteiger partial charge in [0.25, 0.3) is 0 Å². The molecule has 3 N–H and O–H groups in total. The van der Waals surface area contributed by atoms with Crippen molar-refractivity contribution in [3.05, 3.63) is 24.3 Å². The Hall–Kier alpha value is -1.51. The van der Waals surface area contributed by atoms with Crippen LogP contribution < -0.4 is 15.4 Å². The Morgan fingerprint density at radius 2 is 1.83 bits per heavy atom. The smallest absolute Gasteiger partial charge is 0.240 e. The zero-order valence-corrected chi connectivity index (χ0v) is 15.2. The maximum absolute atomic E-state index is 12.0. The average molecular weight is 358 g/mol. The molecule has 0 aliphatic heterocycles. The van der Waals surface area contributed by atoms with Crippen LogP contribution in [0, 0.1) is 5.92 Å². The Bertz CT molecular complexity index is 640. The fraction of sp³-hybridized carbons (Fsp3) is 0.467. The molecule has 0 bridgehead atoms. The van der Waals surface area contributed by atoms with Crippen molar-refractivity contribution in [2.24, 2.45) is 5.92 Å². The molecule has 0 saturated heterocycles. The fourth-order valence-corrected chi connectivity index (χ4v) is 3.11. The number of carbonyl (C=O) groups is 1. The number of nitrogens with one attached hydrogen (secondary N) is 3. The van der Waals surface area contributed by atoms with Crippen molar-refractivity contribution in [2.45, 2.75) is 38.5 Å². The van der Waals surface area contributed by atoms with Gasteiger partial charge in [-0.2, -0.15) is 0 Å². The van der Waals surface area contributed by atoms with Gasteiger partial charge in [0, 0.05) is 18.7 Å². The van der Waals surface area contributed by atoms with Crippen LogP contribution in [0.3, 0.4) is 0 Å². The van der Waals surface area contributed by atoms with E-state index in [4.69, 9.17) is 12.2 Å². The molecule has 0 radical (unpaired) electrons. The second-order valence-electron chi connectivity index (χ2n) is 5.52. The van der Waals surface area contributed by atoms with Crippen LogP contribution in [0.5, 0.6) is 0 Å². The first-order valence-electron chi connectivity index (χ1n) is 7.45. The zero-order valence-electron chi connectivity index (χ0n) is 13.5. The lowest BCUT2D eigenvalue weighted by Gasteiger charge is -2.11. The van der Waals surface area contributed by atoms with Crippen molar-refractivity contribution in [2.75, 3.05) is 11.9 Å². The molecule has 1 aromatic carbocycles. The fourth-order valence-electron chi connectivity index (χ4n) is 1.75. The largest absolute Gasteiger partial charge is 0.332 e. The summed E-state index contributed by atoms with van der Waals surface area (Å²) in [6.07, 6.45) is 1.12. The van der Waals surface area contributed by atoms with Gasteiger partial charge >= 0.3 is 0 Å². The highest BCUT2D eigenvalue weighted by Gasteiger charge is 2.13. The van der Waals surface area contributed by atoms with Crippen LogP contribution in [0.1, 0.15) is 33.6 Å². The molecular formula is C15H23N3O3S2. The van der Waals surface area contributed by atoms with E-state index in [1.165, 1.54) is 12.1 Å². The summed E-state index contributed by atoms with van der Waals surface area (Å²) < 4.78 is 26.4. The van der Waals surface area contributed by atoms with Crippen LogP contribution in [-0.2, 0) is 14.8 Å². The predicted molar refractivity (Wildman–Crippen MR) is 95.7 cm³/mol. The van der Waals surface area contributed by atoms with Crippen LogP contribution in [-0.4, -0.2) is 26.0 Å². The molecule has 0 heterocycles. The number of benzene rings is 1. The number of carbonyl (C=O) groups excluding carboxylic acids is 1. The molecule has 0 aliphatic carbocycles. The van der Waals surface area contributed by atoms with E-state index in [-0.39, 0.29) is 21.8 Å². The third kappa shape index (κ3) is 7.06. The Morgan fingerprint density at radius 3 is 2.35 bits per heavy atom. The van der Waals surface area contributed by atoms with E-state index in [1.54, 1.807) is 12.1 Å². The molecule has 6 nitrogen and oxygen atoms in total. The van der Waals surface area contributed by atoms with Crippen molar-refractivity contribution in [3.63, 3.8) is 0 Å². The molecular weight excluding hydrogens is 334 g/mol. The molecule has 23 heavy (non-hydrogen) atoms. The highest BCUT2D eigenvalue weighted by Crippen LogP contribution is 2.14.